The van der Waals surface area contributed by atoms with Crippen LogP contribution < -0.4 is 5.73 Å². The molecule has 0 aromatic carbocycles. The van der Waals surface area contributed by atoms with Gasteiger partial charge in [0, 0.05) is 19.0 Å². The SMILES string of the molecule is NC(c1ncc[nH]1)C1CCOC2(CCCCC2)C1. The summed E-state index contributed by atoms with van der Waals surface area (Å²) < 4.78 is 6.12. The van der Waals surface area contributed by atoms with Gasteiger partial charge in [0.05, 0.1) is 11.6 Å². The molecule has 2 fully saturated rings. The van der Waals surface area contributed by atoms with E-state index in [1.54, 1.807) is 6.20 Å². The molecule has 100 valence electrons. The maximum Gasteiger partial charge on any atom is 0.123 e. The first-order chi connectivity index (χ1) is 8.79. The van der Waals surface area contributed by atoms with E-state index < -0.39 is 0 Å². The van der Waals surface area contributed by atoms with Gasteiger partial charge in [-0.2, -0.15) is 0 Å². The van der Waals surface area contributed by atoms with Gasteiger partial charge in [0.2, 0.25) is 0 Å². The monoisotopic (exact) mass is 249 g/mol. The molecule has 2 unspecified atom stereocenters. The number of nitrogens with two attached hydrogens (primary N) is 1. The minimum atomic E-state index is 0.0303. The number of ether oxygens (including phenoxy) is 1. The first kappa shape index (κ1) is 12.2. The highest BCUT2D eigenvalue weighted by Gasteiger charge is 2.40. The Morgan fingerprint density at radius 2 is 2.22 bits per heavy atom. The van der Waals surface area contributed by atoms with Crippen LogP contribution in [0.3, 0.4) is 0 Å². The van der Waals surface area contributed by atoms with E-state index in [1.807, 2.05) is 6.20 Å². The number of rotatable bonds is 2. The first-order valence-electron chi connectivity index (χ1n) is 7.18. The average Bonchev–Trinajstić information content (AvgIpc) is 2.93. The van der Waals surface area contributed by atoms with Gasteiger partial charge < -0.3 is 15.5 Å². The van der Waals surface area contributed by atoms with Crippen molar-refractivity contribution in [3.63, 3.8) is 0 Å². The summed E-state index contributed by atoms with van der Waals surface area (Å²) in [5.41, 5.74) is 6.49. The predicted molar refractivity (Wildman–Crippen MR) is 70.0 cm³/mol. The summed E-state index contributed by atoms with van der Waals surface area (Å²) in [5.74, 6) is 1.43. The highest BCUT2D eigenvalue weighted by atomic mass is 16.5. The van der Waals surface area contributed by atoms with E-state index in [2.05, 4.69) is 9.97 Å². The van der Waals surface area contributed by atoms with Crippen LogP contribution in [0.15, 0.2) is 12.4 Å². The van der Waals surface area contributed by atoms with Crippen LogP contribution in [0.4, 0.5) is 0 Å². The molecule has 3 N–H and O–H groups in total. The molecule has 2 aliphatic rings. The molecule has 0 amide bonds. The van der Waals surface area contributed by atoms with Crippen molar-refractivity contribution in [3.05, 3.63) is 18.2 Å². The van der Waals surface area contributed by atoms with Crippen molar-refractivity contribution >= 4 is 0 Å². The third-order valence-electron chi connectivity index (χ3n) is 4.64. The van der Waals surface area contributed by atoms with Crippen molar-refractivity contribution in [1.82, 2.24) is 9.97 Å². The Kier molecular flexibility index (Phi) is 3.39. The molecular formula is C14H23N3O. The third kappa shape index (κ3) is 2.31. The molecule has 1 saturated heterocycles. The van der Waals surface area contributed by atoms with Gasteiger partial charge in [-0.1, -0.05) is 19.3 Å². The molecule has 1 aliphatic heterocycles. The van der Waals surface area contributed by atoms with Crippen molar-refractivity contribution in [2.75, 3.05) is 6.61 Å². The Labute approximate surface area is 108 Å². The molecule has 4 nitrogen and oxygen atoms in total. The topological polar surface area (TPSA) is 63.9 Å². The van der Waals surface area contributed by atoms with Crippen LogP contribution >= 0.6 is 0 Å². The lowest BCUT2D eigenvalue weighted by molar-refractivity contribution is -0.120. The fraction of sp³-hybridized carbons (Fsp3) is 0.786. The van der Waals surface area contributed by atoms with E-state index in [1.165, 1.54) is 32.1 Å². The normalized spacial score (nSPS) is 29.3. The highest BCUT2D eigenvalue weighted by molar-refractivity contribution is 5.00. The second-order valence-corrected chi connectivity index (χ2v) is 5.85. The van der Waals surface area contributed by atoms with Crippen molar-refractivity contribution < 1.29 is 4.74 Å². The molecule has 4 heteroatoms. The average molecular weight is 249 g/mol. The fourth-order valence-corrected chi connectivity index (χ4v) is 3.60. The van der Waals surface area contributed by atoms with Crippen LogP contribution in [0.5, 0.6) is 0 Å². The number of nitrogens with zero attached hydrogens (tertiary/aromatic N) is 1. The summed E-state index contributed by atoms with van der Waals surface area (Å²) in [6.45, 7) is 0.860. The molecule has 18 heavy (non-hydrogen) atoms. The molecule has 1 saturated carbocycles. The maximum absolute atomic E-state index is 6.35. The lowest BCUT2D eigenvalue weighted by atomic mass is 9.74. The number of aromatic nitrogens is 2. The van der Waals surface area contributed by atoms with E-state index in [0.29, 0.717) is 5.92 Å². The predicted octanol–water partition coefficient (Wildman–Crippen LogP) is 2.54. The Morgan fingerprint density at radius 1 is 1.39 bits per heavy atom. The van der Waals surface area contributed by atoms with Gasteiger partial charge in [0.25, 0.3) is 0 Å². The second-order valence-electron chi connectivity index (χ2n) is 5.85. The van der Waals surface area contributed by atoms with E-state index in [9.17, 15) is 0 Å². The number of imidazole rings is 1. The van der Waals surface area contributed by atoms with Gasteiger partial charge in [-0.05, 0) is 31.6 Å². The highest BCUT2D eigenvalue weighted by Crippen LogP contribution is 2.43. The number of nitrogens with one attached hydrogen (secondary N) is 1. The molecule has 0 radical (unpaired) electrons. The zero-order valence-corrected chi connectivity index (χ0v) is 10.9. The maximum atomic E-state index is 6.35. The Balaban J connectivity index is 1.70. The fourth-order valence-electron chi connectivity index (χ4n) is 3.60. The van der Waals surface area contributed by atoms with E-state index in [-0.39, 0.29) is 11.6 Å². The van der Waals surface area contributed by atoms with Gasteiger partial charge in [0.15, 0.2) is 0 Å². The molecule has 3 rings (SSSR count). The minimum absolute atomic E-state index is 0.0303. The quantitative estimate of drug-likeness (QED) is 0.846. The van der Waals surface area contributed by atoms with Gasteiger partial charge in [0.1, 0.15) is 5.82 Å². The summed E-state index contributed by atoms with van der Waals surface area (Å²) >= 11 is 0. The Morgan fingerprint density at radius 3 is 2.94 bits per heavy atom. The number of H-pyrrole nitrogens is 1. The first-order valence-corrected chi connectivity index (χ1v) is 7.18. The summed E-state index contributed by atoms with van der Waals surface area (Å²) in [7, 11) is 0. The smallest absolute Gasteiger partial charge is 0.123 e. The largest absolute Gasteiger partial charge is 0.375 e. The molecule has 1 aromatic rings. The molecule has 1 spiro atoms. The van der Waals surface area contributed by atoms with Crippen molar-refractivity contribution in [3.8, 4) is 0 Å². The molecule has 1 aromatic heterocycles. The number of hydrogen-bond acceptors (Lipinski definition) is 3. The van der Waals surface area contributed by atoms with Crippen LogP contribution in [0, 0.1) is 5.92 Å². The summed E-state index contributed by atoms with van der Waals surface area (Å²) in [6, 6.07) is 0.0303. The zero-order chi connectivity index (χ0) is 12.4. The van der Waals surface area contributed by atoms with Gasteiger partial charge in [-0.3, -0.25) is 0 Å². The third-order valence-corrected chi connectivity index (χ3v) is 4.64. The van der Waals surface area contributed by atoms with E-state index in [0.717, 1.165) is 25.3 Å². The Hall–Kier alpha value is -0.870. The van der Waals surface area contributed by atoms with Gasteiger partial charge in [-0.15, -0.1) is 0 Å². The lowest BCUT2D eigenvalue weighted by Gasteiger charge is -2.44. The molecule has 0 bridgehead atoms. The zero-order valence-electron chi connectivity index (χ0n) is 10.9. The van der Waals surface area contributed by atoms with Crippen LogP contribution in [0.2, 0.25) is 0 Å². The van der Waals surface area contributed by atoms with Crippen molar-refractivity contribution in [2.24, 2.45) is 11.7 Å². The van der Waals surface area contributed by atoms with Crippen LogP contribution in [0.1, 0.15) is 56.8 Å². The summed E-state index contributed by atoms with van der Waals surface area (Å²) in [6.07, 6.45) is 12.2. The number of aromatic amines is 1. The van der Waals surface area contributed by atoms with Crippen molar-refractivity contribution in [2.45, 2.75) is 56.6 Å². The Bertz CT molecular complexity index is 365. The molecule has 2 atom stereocenters. The van der Waals surface area contributed by atoms with Crippen LogP contribution in [0.25, 0.3) is 0 Å². The van der Waals surface area contributed by atoms with Crippen LogP contribution in [-0.2, 0) is 4.74 Å². The van der Waals surface area contributed by atoms with Gasteiger partial charge in [-0.25, -0.2) is 4.98 Å². The lowest BCUT2D eigenvalue weighted by Crippen LogP contribution is -2.44. The minimum Gasteiger partial charge on any atom is -0.375 e. The van der Waals surface area contributed by atoms with Crippen molar-refractivity contribution in [1.29, 1.82) is 0 Å². The van der Waals surface area contributed by atoms with E-state index in [4.69, 9.17) is 10.5 Å². The summed E-state index contributed by atoms with van der Waals surface area (Å²) in [4.78, 5) is 7.45. The standard InChI is InChI=1S/C14H23N3O/c15-12(13-16-7-8-17-13)11-4-9-18-14(10-11)5-2-1-3-6-14/h7-8,11-12H,1-6,9-10,15H2,(H,16,17). The summed E-state index contributed by atoms with van der Waals surface area (Å²) in [5, 5.41) is 0. The van der Waals surface area contributed by atoms with Gasteiger partial charge >= 0.3 is 0 Å². The number of hydrogen-bond donors (Lipinski definition) is 2. The van der Waals surface area contributed by atoms with Crippen LogP contribution in [-0.4, -0.2) is 22.2 Å². The molecular weight excluding hydrogens is 226 g/mol. The second kappa shape index (κ2) is 5.02. The van der Waals surface area contributed by atoms with E-state index >= 15 is 0 Å². The molecule has 1 aliphatic carbocycles. The molecule has 2 heterocycles.